The molecule has 0 aromatic heterocycles. The Kier molecular flexibility index (Phi) is 4.18. The van der Waals surface area contributed by atoms with Gasteiger partial charge in [0.25, 0.3) is 10.0 Å². The third kappa shape index (κ3) is 2.86. The average molecular weight is 286 g/mol. The number of hydrogen-bond donors (Lipinski definition) is 2. The summed E-state index contributed by atoms with van der Waals surface area (Å²) in [6.07, 6.45) is 1.26. The SMILES string of the molecule is COc1cc(S(=O)(=O)NC#N)cc(C(=O)O)c1OC. The molecule has 0 heterocycles. The topological polar surface area (TPSA) is 126 Å². The van der Waals surface area contributed by atoms with Crippen LogP contribution in [-0.4, -0.2) is 33.7 Å². The summed E-state index contributed by atoms with van der Waals surface area (Å²) in [7, 11) is -1.67. The smallest absolute Gasteiger partial charge is 0.339 e. The molecule has 2 N–H and O–H groups in total. The molecule has 19 heavy (non-hydrogen) atoms. The molecule has 0 bridgehead atoms. The van der Waals surface area contributed by atoms with E-state index >= 15 is 0 Å². The van der Waals surface area contributed by atoms with Gasteiger partial charge in [0.2, 0.25) is 0 Å². The van der Waals surface area contributed by atoms with Gasteiger partial charge in [-0.2, -0.15) is 5.26 Å². The zero-order valence-electron chi connectivity index (χ0n) is 10.00. The molecule has 8 nitrogen and oxygen atoms in total. The van der Waals surface area contributed by atoms with E-state index in [1.807, 2.05) is 0 Å². The Morgan fingerprint density at radius 1 is 1.37 bits per heavy atom. The lowest BCUT2D eigenvalue weighted by molar-refractivity contribution is 0.0692. The first-order valence-corrected chi connectivity index (χ1v) is 6.26. The van der Waals surface area contributed by atoms with Crippen LogP contribution in [0.4, 0.5) is 0 Å². The first kappa shape index (κ1) is 14.6. The second kappa shape index (κ2) is 5.45. The van der Waals surface area contributed by atoms with Gasteiger partial charge in [0.15, 0.2) is 17.7 Å². The Morgan fingerprint density at radius 2 is 2.00 bits per heavy atom. The Hall–Kier alpha value is -2.47. The van der Waals surface area contributed by atoms with Crippen molar-refractivity contribution in [3.05, 3.63) is 17.7 Å². The van der Waals surface area contributed by atoms with Crippen molar-refractivity contribution in [2.45, 2.75) is 4.90 Å². The van der Waals surface area contributed by atoms with Crippen LogP contribution in [0.1, 0.15) is 10.4 Å². The van der Waals surface area contributed by atoms with Crippen LogP contribution in [0.15, 0.2) is 17.0 Å². The second-order valence-electron chi connectivity index (χ2n) is 3.23. The number of nitrogens with one attached hydrogen (secondary N) is 1. The summed E-state index contributed by atoms with van der Waals surface area (Å²) in [4.78, 5) is 10.7. The summed E-state index contributed by atoms with van der Waals surface area (Å²) in [5.41, 5.74) is -0.389. The van der Waals surface area contributed by atoms with E-state index in [0.29, 0.717) is 0 Å². The number of carbonyl (C=O) groups is 1. The third-order valence-corrected chi connectivity index (χ3v) is 3.39. The molecule has 1 aromatic carbocycles. The first-order valence-electron chi connectivity index (χ1n) is 4.77. The number of sulfonamides is 1. The lowest BCUT2D eigenvalue weighted by Gasteiger charge is -2.12. The molecular formula is C10H10N2O6S. The monoisotopic (exact) mass is 286 g/mol. The van der Waals surface area contributed by atoms with Crippen LogP contribution in [0.2, 0.25) is 0 Å². The summed E-state index contributed by atoms with van der Waals surface area (Å²) in [6, 6.07) is 1.94. The number of aromatic carboxylic acids is 1. The van der Waals surface area contributed by atoms with Gasteiger partial charge in [0.05, 0.1) is 19.1 Å². The second-order valence-corrected chi connectivity index (χ2v) is 4.91. The molecule has 0 fully saturated rings. The highest BCUT2D eigenvalue weighted by Crippen LogP contribution is 2.34. The predicted molar refractivity (Wildman–Crippen MR) is 62.4 cm³/mol. The Labute approximate surface area is 109 Å². The van der Waals surface area contributed by atoms with Crippen LogP contribution in [0.5, 0.6) is 11.5 Å². The van der Waals surface area contributed by atoms with Crippen LogP contribution >= 0.6 is 0 Å². The number of nitrogens with zero attached hydrogens (tertiary/aromatic N) is 1. The minimum Gasteiger partial charge on any atom is -0.493 e. The van der Waals surface area contributed by atoms with Crippen molar-refractivity contribution in [3.8, 4) is 17.7 Å². The molecule has 0 amide bonds. The third-order valence-electron chi connectivity index (χ3n) is 2.17. The molecule has 0 aliphatic carbocycles. The van der Waals surface area contributed by atoms with Gasteiger partial charge in [-0.15, -0.1) is 0 Å². The van der Waals surface area contributed by atoms with E-state index in [4.69, 9.17) is 19.8 Å². The van der Waals surface area contributed by atoms with E-state index in [0.717, 1.165) is 12.1 Å². The molecule has 9 heteroatoms. The molecule has 0 radical (unpaired) electrons. The number of carboxylic acids is 1. The zero-order chi connectivity index (χ0) is 14.6. The van der Waals surface area contributed by atoms with E-state index in [1.54, 1.807) is 4.72 Å². The van der Waals surface area contributed by atoms with Crippen molar-refractivity contribution in [1.82, 2.24) is 4.72 Å². The van der Waals surface area contributed by atoms with Crippen molar-refractivity contribution in [1.29, 1.82) is 5.26 Å². The van der Waals surface area contributed by atoms with Crippen molar-refractivity contribution in [2.24, 2.45) is 0 Å². The minimum atomic E-state index is -4.13. The van der Waals surface area contributed by atoms with Crippen LogP contribution in [0.25, 0.3) is 0 Å². The molecular weight excluding hydrogens is 276 g/mol. The van der Waals surface area contributed by atoms with Crippen molar-refractivity contribution < 1.29 is 27.8 Å². The summed E-state index contributed by atoms with van der Waals surface area (Å²) < 4.78 is 34.6. The molecule has 0 unspecified atom stereocenters. The molecule has 0 saturated carbocycles. The van der Waals surface area contributed by atoms with E-state index in [1.165, 1.54) is 20.4 Å². The van der Waals surface area contributed by atoms with Gasteiger partial charge in [-0.1, -0.05) is 0 Å². The average Bonchev–Trinajstić information content (AvgIpc) is 2.36. The maximum absolute atomic E-state index is 11.7. The van der Waals surface area contributed by atoms with Crippen LogP contribution in [0.3, 0.4) is 0 Å². The molecule has 0 saturated heterocycles. The summed E-state index contributed by atoms with van der Waals surface area (Å²) in [6.45, 7) is 0. The largest absolute Gasteiger partial charge is 0.493 e. The number of rotatable bonds is 5. The van der Waals surface area contributed by atoms with E-state index < -0.39 is 20.9 Å². The first-order chi connectivity index (χ1) is 8.87. The van der Waals surface area contributed by atoms with Crippen molar-refractivity contribution in [2.75, 3.05) is 14.2 Å². The molecule has 1 rings (SSSR count). The minimum absolute atomic E-state index is 0.0688. The van der Waals surface area contributed by atoms with Gasteiger partial charge >= 0.3 is 5.97 Å². The molecule has 0 atom stereocenters. The molecule has 0 spiro atoms. The van der Waals surface area contributed by atoms with Gasteiger partial charge in [0.1, 0.15) is 5.56 Å². The number of methoxy groups -OCH3 is 2. The quantitative estimate of drug-likeness (QED) is 0.583. The predicted octanol–water partition coefficient (Wildman–Crippen LogP) is 0.161. The standard InChI is InChI=1S/C10H10N2O6S/c1-17-8-4-6(19(15,16)12-5-11)3-7(10(13)14)9(8)18-2/h3-4,12H,1-2H3,(H,13,14). The van der Waals surface area contributed by atoms with Gasteiger partial charge < -0.3 is 14.6 Å². The number of ether oxygens (including phenoxy) is 2. The summed E-state index contributed by atoms with van der Waals surface area (Å²) >= 11 is 0. The van der Waals surface area contributed by atoms with E-state index in [-0.39, 0.29) is 17.1 Å². The highest BCUT2D eigenvalue weighted by molar-refractivity contribution is 7.89. The van der Waals surface area contributed by atoms with Gasteiger partial charge in [0, 0.05) is 6.07 Å². The summed E-state index contributed by atoms with van der Waals surface area (Å²) in [5, 5.41) is 17.4. The van der Waals surface area contributed by atoms with Crippen molar-refractivity contribution in [3.63, 3.8) is 0 Å². The normalized spacial score (nSPS) is 10.4. The molecule has 102 valence electrons. The van der Waals surface area contributed by atoms with Gasteiger partial charge in [-0.25, -0.2) is 17.9 Å². The fraction of sp³-hybridized carbons (Fsp3) is 0.200. The zero-order valence-corrected chi connectivity index (χ0v) is 10.8. The maximum atomic E-state index is 11.7. The van der Waals surface area contributed by atoms with E-state index in [2.05, 4.69) is 0 Å². The number of nitriles is 1. The molecule has 1 aromatic rings. The molecule has 0 aliphatic rings. The number of hydrogen-bond acceptors (Lipinski definition) is 6. The van der Waals surface area contributed by atoms with Crippen LogP contribution in [0, 0.1) is 11.5 Å². The highest BCUT2D eigenvalue weighted by Gasteiger charge is 2.23. The lowest BCUT2D eigenvalue weighted by atomic mass is 10.2. The van der Waals surface area contributed by atoms with Gasteiger partial charge in [-0.3, -0.25) is 0 Å². The van der Waals surface area contributed by atoms with Gasteiger partial charge in [-0.05, 0) is 6.07 Å². The molecule has 0 aliphatic heterocycles. The number of carboxylic acid groups (broad SMARTS) is 1. The fourth-order valence-electron chi connectivity index (χ4n) is 1.37. The maximum Gasteiger partial charge on any atom is 0.339 e. The van der Waals surface area contributed by atoms with Crippen molar-refractivity contribution >= 4 is 16.0 Å². The summed E-state index contributed by atoms with van der Waals surface area (Å²) in [5.74, 6) is -1.56. The Morgan fingerprint density at radius 3 is 2.42 bits per heavy atom. The van der Waals surface area contributed by atoms with Crippen LogP contribution in [-0.2, 0) is 10.0 Å². The lowest BCUT2D eigenvalue weighted by Crippen LogP contribution is -2.19. The van der Waals surface area contributed by atoms with Crippen LogP contribution < -0.4 is 14.2 Å². The Balaban J connectivity index is 3.59. The highest BCUT2D eigenvalue weighted by atomic mass is 32.2. The Bertz CT molecular complexity index is 647. The fourth-order valence-corrected chi connectivity index (χ4v) is 2.15. The number of benzene rings is 1. The van der Waals surface area contributed by atoms with E-state index in [9.17, 15) is 13.2 Å².